The highest BCUT2D eigenvalue weighted by Crippen LogP contribution is 2.45. The molecule has 0 bridgehead atoms. The minimum atomic E-state index is -0.818. The highest BCUT2D eigenvalue weighted by Gasteiger charge is 2.33. The van der Waals surface area contributed by atoms with E-state index in [1.807, 2.05) is 6.20 Å². The van der Waals surface area contributed by atoms with E-state index < -0.39 is 6.09 Å². The predicted molar refractivity (Wildman–Crippen MR) is 100 cm³/mol. The molecule has 6 heteroatoms. The van der Waals surface area contributed by atoms with E-state index in [9.17, 15) is 9.90 Å². The van der Waals surface area contributed by atoms with Gasteiger partial charge in [-0.2, -0.15) is 0 Å². The number of H-pyrrole nitrogens is 1. The van der Waals surface area contributed by atoms with E-state index in [4.69, 9.17) is 0 Å². The number of aromatic amines is 1. The largest absolute Gasteiger partial charge is 0.465 e. The molecule has 1 amide bonds. The van der Waals surface area contributed by atoms with Gasteiger partial charge >= 0.3 is 6.09 Å². The van der Waals surface area contributed by atoms with Crippen LogP contribution in [0.2, 0.25) is 0 Å². The van der Waals surface area contributed by atoms with E-state index >= 15 is 0 Å². The minimum absolute atomic E-state index is 0.145. The fourth-order valence-corrected chi connectivity index (χ4v) is 4.44. The fourth-order valence-electron chi connectivity index (χ4n) is 4.44. The van der Waals surface area contributed by atoms with Crippen molar-refractivity contribution in [3.8, 4) is 11.1 Å². The summed E-state index contributed by atoms with van der Waals surface area (Å²) in [6, 6.07) is 10.6. The van der Waals surface area contributed by atoms with Gasteiger partial charge in [0.25, 0.3) is 0 Å². The quantitative estimate of drug-likeness (QED) is 0.619. The van der Waals surface area contributed by atoms with Crippen molar-refractivity contribution in [1.29, 1.82) is 0 Å². The Bertz CT molecular complexity index is 988. The molecule has 1 aromatic carbocycles. The van der Waals surface area contributed by atoms with Crippen LogP contribution in [-0.2, 0) is 0 Å². The lowest BCUT2D eigenvalue weighted by atomic mass is 9.85. The standard InChI is InChI=1S/C20H20N4O2/c25-20(26)24-9-6-12(7-10-24)18-15-11-22-19-17(15)14(5-8-21-19)13-3-1-2-4-16(13)23-18/h1-5,8,11-12,18,23H,6-7,9-10H2,(H,21,22)(H,25,26). The summed E-state index contributed by atoms with van der Waals surface area (Å²) in [4.78, 5) is 20.6. The first kappa shape index (κ1) is 15.3. The van der Waals surface area contributed by atoms with Crippen LogP contribution in [0.3, 0.4) is 0 Å². The molecule has 2 aliphatic rings. The SMILES string of the molecule is O=C(O)N1CCC(C2Nc3ccccc3-c3ccnc4[nH]cc2c34)CC1. The number of pyridine rings is 1. The third-order valence-electron chi connectivity index (χ3n) is 5.75. The molecule has 3 aromatic rings. The van der Waals surface area contributed by atoms with Crippen molar-refractivity contribution in [3.05, 3.63) is 48.3 Å². The number of hydrogen-bond acceptors (Lipinski definition) is 3. The zero-order valence-electron chi connectivity index (χ0n) is 14.3. The van der Waals surface area contributed by atoms with Gasteiger partial charge < -0.3 is 20.3 Å². The number of anilines is 1. The van der Waals surface area contributed by atoms with Gasteiger partial charge in [-0.25, -0.2) is 9.78 Å². The molecule has 2 aromatic heterocycles. The second-order valence-corrected chi connectivity index (χ2v) is 7.10. The lowest BCUT2D eigenvalue weighted by molar-refractivity contribution is 0.121. The molecule has 6 nitrogen and oxygen atoms in total. The molecule has 0 aliphatic carbocycles. The van der Waals surface area contributed by atoms with Crippen molar-refractivity contribution in [2.24, 2.45) is 5.92 Å². The van der Waals surface area contributed by atoms with Crippen LogP contribution in [0, 0.1) is 5.92 Å². The number of fused-ring (bicyclic) bond motifs is 2. The van der Waals surface area contributed by atoms with Gasteiger partial charge in [0.1, 0.15) is 5.65 Å². The molecule has 0 saturated carbocycles. The average Bonchev–Trinajstić information content (AvgIpc) is 3.04. The van der Waals surface area contributed by atoms with Crippen LogP contribution >= 0.6 is 0 Å². The Morgan fingerprint density at radius 3 is 2.77 bits per heavy atom. The smallest absolute Gasteiger partial charge is 0.407 e. The first-order valence-corrected chi connectivity index (χ1v) is 9.02. The average molecular weight is 348 g/mol. The molecule has 26 heavy (non-hydrogen) atoms. The lowest BCUT2D eigenvalue weighted by Crippen LogP contribution is -2.39. The summed E-state index contributed by atoms with van der Waals surface area (Å²) >= 11 is 0. The molecule has 1 unspecified atom stereocenters. The molecule has 3 N–H and O–H groups in total. The van der Waals surface area contributed by atoms with Crippen molar-refractivity contribution in [2.45, 2.75) is 18.9 Å². The van der Waals surface area contributed by atoms with E-state index in [0.29, 0.717) is 19.0 Å². The molecule has 2 aliphatic heterocycles. The van der Waals surface area contributed by atoms with Crippen LogP contribution in [0.1, 0.15) is 24.4 Å². The summed E-state index contributed by atoms with van der Waals surface area (Å²) in [5, 5.41) is 14.2. The van der Waals surface area contributed by atoms with Crippen LogP contribution in [0.25, 0.3) is 22.2 Å². The second-order valence-electron chi connectivity index (χ2n) is 7.10. The molecule has 0 radical (unpaired) electrons. The summed E-state index contributed by atoms with van der Waals surface area (Å²) in [6.45, 7) is 1.18. The van der Waals surface area contributed by atoms with Crippen LogP contribution in [0.4, 0.5) is 10.5 Å². The molecule has 1 atom stereocenters. The summed E-state index contributed by atoms with van der Waals surface area (Å²) in [5.74, 6) is 0.379. The number of carbonyl (C=O) groups is 1. The Morgan fingerprint density at radius 1 is 1.15 bits per heavy atom. The number of carboxylic acid groups (broad SMARTS) is 1. The zero-order chi connectivity index (χ0) is 17.7. The number of piperidine rings is 1. The summed E-state index contributed by atoms with van der Waals surface area (Å²) in [5.41, 5.74) is 5.64. The number of amides is 1. The third-order valence-corrected chi connectivity index (χ3v) is 5.75. The number of rotatable bonds is 1. The van der Waals surface area contributed by atoms with Gasteiger partial charge in [-0.1, -0.05) is 18.2 Å². The lowest BCUT2D eigenvalue weighted by Gasteiger charge is -2.35. The van der Waals surface area contributed by atoms with E-state index in [-0.39, 0.29) is 6.04 Å². The van der Waals surface area contributed by atoms with Crippen molar-refractivity contribution in [2.75, 3.05) is 18.4 Å². The van der Waals surface area contributed by atoms with Gasteiger partial charge in [0, 0.05) is 47.7 Å². The first-order chi connectivity index (χ1) is 12.7. The Labute approximate surface area is 150 Å². The zero-order valence-corrected chi connectivity index (χ0v) is 14.3. The predicted octanol–water partition coefficient (Wildman–Crippen LogP) is 4.09. The monoisotopic (exact) mass is 348 g/mol. The van der Waals surface area contributed by atoms with Crippen molar-refractivity contribution < 1.29 is 9.90 Å². The van der Waals surface area contributed by atoms with Gasteiger partial charge in [0.15, 0.2) is 0 Å². The van der Waals surface area contributed by atoms with Gasteiger partial charge in [-0.3, -0.25) is 0 Å². The molecule has 5 rings (SSSR count). The number of para-hydroxylation sites is 1. The highest BCUT2D eigenvalue weighted by molar-refractivity contribution is 6.00. The molecule has 4 heterocycles. The Balaban J connectivity index is 1.61. The van der Waals surface area contributed by atoms with Crippen molar-refractivity contribution >= 4 is 22.8 Å². The molecule has 0 spiro atoms. The van der Waals surface area contributed by atoms with Gasteiger partial charge in [-0.05, 0) is 36.5 Å². The summed E-state index contributed by atoms with van der Waals surface area (Å²) < 4.78 is 0. The van der Waals surface area contributed by atoms with Gasteiger partial charge in [0.2, 0.25) is 0 Å². The van der Waals surface area contributed by atoms with E-state index in [1.54, 1.807) is 0 Å². The number of hydrogen-bond donors (Lipinski definition) is 3. The van der Waals surface area contributed by atoms with Crippen molar-refractivity contribution in [1.82, 2.24) is 14.9 Å². The van der Waals surface area contributed by atoms with E-state index in [1.165, 1.54) is 27.0 Å². The molecule has 132 valence electrons. The van der Waals surface area contributed by atoms with E-state index in [0.717, 1.165) is 24.2 Å². The maximum atomic E-state index is 11.2. The number of likely N-dealkylation sites (tertiary alicyclic amines) is 1. The maximum Gasteiger partial charge on any atom is 0.407 e. The summed E-state index contributed by atoms with van der Waals surface area (Å²) in [6.07, 6.45) is 4.80. The fraction of sp³-hybridized carbons (Fsp3) is 0.300. The Hall–Kier alpha value is -3.02. The topological polar surface area (TPSA) is 81.2 Å². The second kappa shape index (κ2) is 5.76. The number of nitrogens with zero attached hydrogens (tertiary/aromatic N) is 2. The molecular formula is C20H20N4O2. The van der Waals surface area contributed by atoms with Crippen molar-refractivity contribution in [3.63, 3.8) is 0 Å². The molecule has 1 saturated heterocycles. The van der Waals surface area contributed by atoms with Crippen LogP contribution in [-0.4, -0.2) is 39.2 Å². The number of nitrogens with one attached hydrogen (secondary N) is 2. The Kier molecular flexibility index (Phi) is 3.38. The van der Waals surface area contributed by atoms with Crippen LogP contribution in [0.5, 0.6) is 0 Å². The Morgan fingerprint density at radius 2 is 1.96 bits per heavy atom. The number of benzene rings is 1. The molecule has 1 fully saturated rings. The molecular weight excluding hydrogens is 328 g/mol. The normalized spacial score (nSPS) is 19.7. The minimum Gasteiger partial charge on any atom is -0.465 e. The third kappa shape index (κ3) is 2.25. The van der Waals surface area contributed by atoms with Gasteiger partial charge in [-0.15, -0.1) is 0 Å². The van der Waals surface area contributed by atoms with Crippen LogP contribution in [0.15, 0.2) is 42.7 Å². The van der Waals surface area contributed by atoms with Gasteiger partial charge in [0.05, 0.1) is 6.04 Å². The van der Waals surface area contributed by atoms with E-state index in [2.05, 4.69) is 51.8 Å². The van der Waals surface area contributed by atoms with Crippen LogP contribution < -0.4 is 5.32 Å². The highest BCUT2D eigenvalue weighted by atomic mass is 16.4. The number of aromatic nitrogens is 2. The summed E-state index contributed by atoms with van der Waals surface area (Å²) in [7, 11) is 0. The first-order valence-electron chi connectivity index (χ1n) is 9.02. The maximum absolute atomic E-state index is 11.2.